The second-order valence-corrected chi connectivity index (χ2v) is 7.24. The third kappa shape index (κ3) is 4.97. The van der Waals surface area contributed by atoms with Crippen LogP contribution in [0.1, 0.15) is 32.3 Å². The van der Waals surface area contributed by atoms with Gasteiger partial charge >= 0.3 is 0 Å². The molecular weight excluding hydrogens is 326 g/mol. The van der Waals surface area contributed by atoms with Crippen molar-refractivity contribution < 1.29 is 0 Å². The van der Waals surface area contributed by atoms with Crippen molar-refractivity contribution in [1.29, 1.82) is 0 Å². The molecule has 1 aromatic carbocycles. The number of nitrogens with one attached hydrogen (secondary N) is 1. The summed E-state index contributed by atoms with van der Waals surface area (Å²) in [4.78, 5) is 4.77. The molecular formula is C17H28BrN3. The molecule has 118 valence electrons. The van der Waals surface area contributed by atoms with E-state index < -0.39 is 0 Å². The van der Waals surface area contributed by atoms with Gasteiger partial charge in [-0.2, -0.15) is 0 Å². The summed E-state index contributed by atoms with van der Waals surface area (Å²) in [5, 5.41) is 3.64. The first-order valence-corrected chi connectivity index (χ1v) is 8.73. The van der Waals surface area contributed by atoms with Gasteiger partial charge in [0.2, 0.25) is 0 Å². The van der Waals surface area contributed by atoms with E-state index in [0.717, 1.165) is 30.1 Å². The number of likely N-dealkylation sites (N-methyl/N-ethyl adjacent to an activating group) is 2. The molecule has 0 saturated heterocycles. The van der Waals surface area contributed by atoms with Crippen molar-refractivity contribution in [2.45, 2.75) is 45.3 Å². The average molecular weight is 354 g/mol. The van der Waals surface area contributed by atoms with Gasteiger partial charge in [-0.3, -0.25) is 0 Å². The highest BCUT2D eigenvalue weighted by Crippen LogP contribution is 2.28. The lowest BCUT2D eigenvalue weighted by molar-refractivity contribution is 0.372. The molecule has 0 aliphatic heterocycles. The van der Waals surface area contributed by atoms with Gasteiger partial charge in [-0.1, -0.05) is 22.0 Å². The molecule has 3 nitrogen and oxygen atoms in total. The summed E-state index contributed by atoms with van der Waals surface area (Å²) in [6.07, 6.45) is 2.67. The van der Waals surface area contributed by atoms with Gasteiger partial charge in [-0.25, -0.2) is 0 Å². The van der Waals surface area contributed by atoms with Crippen LogP contribution in [0.3, 0.4) is 0 Å². The fourth-order valence-corrected chi connectivity index (χ4v) is 3.19. The van der Waals surface area contributed by atoms with Crippen LogP contribution < -0.4 is 10.2 Å². The minimum absolute atomic E-state index is 0.499. The number of hydrogen-bond donors (Lipinski definition) is 1. The predicted octanol–water partition coefficient (Wildman–Crippen LogP) is 3.48. The summed E-state index contributed by atoms with van der Waals surface area (Å²) in [7, 11) is 4.28. The molecule has 0 heterocycles. The second-order valence-electron chi connectivity index (χ2n) is 6.33. The van der Waals surface area contributed by atoms with Crippen LogP contribution in [-0.4, -0.2) is 44.2 Å². The lowest BCUT2D eigenvalue weighted by Crippen LogP contribution is -2.40. The Morgan fingerprint density at radius 1 is 1.33 bits per heavy atom. The lowest BCUT2D eigenvalue weighted by Gasteiger charge is -2.34. The standard InChI is InChI=1S/C17H28BrN3/c1-5-21(13(2)12-20(3)4)17-10-15(18)7-6-14(17)11-19-16-8-9-16/h6-7,10,13,16,19H,5,8-9,11-12H2,1-4H3. The molecule has 1 aliphatic carbocycles. The Morgan fingerprint density at radius 2 is 2.05 bits per heavy atom. The average Bonchev–Trinajstić information content (AvgIpc) is 3.22. The van der Waals surface area contributed by atoms with Crippen molar-refractivity contribution in [3.05, 3.63) is 28.2 Å². The number of rotatable bonds is 8. The zero-order valence-electron chi connectivity index (χ0n) is 13.7. The molecule has 0 aromatic heterocycles. The molecule has 0 amide bonds. The molecule has 1 aromatic rings. The number of halogens is 1. The molecule has 2 rings (SSSR count). The van der Waals surface area contributed by atoms with Crippen molar-refractivity contribution in [2.24, 2.45) is 0 Å². The fraction of sp³-hybridized carbons (Fsp3) is 0.647. The van der Waals surface area contributed by atoms with Gasteiger partial charge < -0.3 is 15.1 Å². The monoisotopic (exact) mass is 353 g/mol. The Labute approximate surface area is 137 Å². The Bertz CT molecular complexity index is 457. The molecule has 1 aliphatic rings. The molecule has 1 N–H and O–H groups in total. The first-order chi connectivity index (χ1) is 10.0. The predicted molar refractivity (Wildman–Crippen MR) is 95.0 cm³/mol. The molecule has 1 atom stereocenters. The van der Waals surface area contributed by atoms with Crippen LogP contribution >= 0.6 is 15.9 Å². The van der Waals surface area contributed by atoms with Gasteiger partial charge in [0.25, 0.3) is 0 Å². The number of anilines is 1. The summed E-state index contributed by atoms with van der Waals surface area (Å²) in [5.41, 5.74) is 2.76. The topological polar surface area (TPSA) is 18.5 Å². The van der Waals surface area contributed by atoms with Gasteiger partial charge in [0.05, 0.1) is 0 Å². The lowest BCUT2D eigenvalue weighted by atomic mass is 10.1. The zero-order chi connectivity index (χ0) is 15.4. The van der Waals surface area contributed by atoms with Gasteiger partial charge in [0.1, 0.15) is 0 Å². The van der Waals surface area contributed by atoms with Crippen molar-refractivity contribution in [2.75, 3.05) is 32.1 Å². The minimum atomic E-state index is 0.499. The summed E-state index contributed by atoms with van der Waals surface area (Å²) in [6, 6.07) is 7.91. The minimum Gasteiger partial charge on any atom is -0.368 e. The van der Waals surface area contributed by atoms with Crippen molar-refractivity contribution >= 4 is 21.6 Å². The Hall–Kier alpha value is -0.580. The molecule has 21 heavy (non-hydrogen) atoms. The highest BCUT2D eigenvalue weighted by Gasteiger charge is 2.22. The summed E-state index contributed by atoms with van der Waals surface area (Å²) in [6.45, 7) is 7.61. The normalized spacial score (nSPS) is 16.3. The van der Waals surface area contributed by atoms with E-state index in [1.165, 1.54) is 24.1 Å². The number of nitrogens with zero attached hydrogens (tertiary/aromatic N) is 2. The molecule has 1 unspecified atom stereocenters. The van der Waals surface area contributed by atoms with Crippen molar-refractivity contribution in [3.63, 3.8) is 0 Å². The summed E-state index contributed by atoms with van der Waals surface area (Å²) in [5.74, 6) is 0. The van der Waals surface area contributed by atoms with E-state index in [1.807, 2.05) is 0 Å². The molecule has 0 spiro atoms. The first-order valence-electron chi connectivity index (χ1n) is 7.94. The van der Waals surface area contributed by atoms with Gasteiger partial charge in [0.15, 0.2) is 0 Å². The first kappa shape index (κ1) is 16.8. The van der Waals surface area contributed by atoms with Gasteiger partial charge in [-0.05, 0) is 58.5 Å². The van der Waals surface area contributed by atoms with E-state index in [1.54, 1.807) is 0 Å². The van der Waals surface area contributed by atoms with Crippen LogP contribution in [0.15, 0.2) is 22.7 Å². The number of hydrogen-bond acceptors (Lipinski definition) is 3. The van der Waals surface area contributed by atoms with Crippen LogP contribution in [0, 0.1) is 0 Å². The summed E-state index contributed by atoms with van der Waals surface area (Å²) < 4.78 is 1.16. The molecule has 0 bridgehead atoms. The van der Waals surface area contributed by atoms with Crippen LogP contribution in [-0.2, 0) is 6.54 Å². The Balaban J connectivity index is 2.18. The van der Waals surface area contributed by atoms with Crippen LogP contribution in [0.25, 0.3) is 0 Å². The van der Waals surface area contributed by atoms with E-state index >= 15 is 0 Å². The van der Waals surface area contributed by atoms with E-state index in [4.69, 9.17) is 0 Å². The molecule has 1 fully saturated rings. The van der Waals surface area contributed by atoms with E-state index in [-0.39, 0.29) is 0 Å². The third-order valence-corrected chi connectivity index (χ3v) is 4.51. The molecule has 0 radical (unpaired) electrons. The SMILES string of the molecule is CCN(c1cc(Br)ccc1CNC1CC1)C(C)CN(C)C. The maximum Gasteiger partial charge on any atom is 0.0425 e. The Kier molecular flexibility index (Phi) is 6.08. The highest BCUT2D eigenvalue weighted by molar-refractivity contribution is 9.10. The van der Waals surface area contributed by atoms with Crippen LogP contribution in [0.4, 0.5) is 5.69 Å². The maximum atomic E-state index is 3.64. The van der Waals surface area contributed by atoms with Gasteiger partial charge in [0, 0.05) is 41.9 Å². The van der Waals surface area contributed by atoms with Crippen molar-refractivity contribution in [3.8, 4) is 0 Å². The smallest absolute Gasteiger partial charge is 0.0425 e. The van der Waals surface area contributed by atoms with E-state index in [9.17, 15) is 0 Å². The van der Waals surface area contributed by atoms with Crippen LogP contribution in [0.5, 0.6) is 0 Å². The number of benzene rings is 1. The Morgan fingerprint density at radius 3 is 2.62 bits per heavy atom. The quantitative estimate of drug-likeness (QED) is 0.771. The third-order valence-electron chi connectivity index (χ3n) is 4.02. The summed E-state index contributed by atoms with van der Waals surface area (Å²) >= 11 is 3.63. The van der Waals surface area contributed by atoms with Crippen molar-refractivity contribution in [1.82, 2.24) is 10.2 Å². The molecule has 4 heteroatoms. The highest BCUT2D eigenvalue weighted by atomic mass is 79.9. The second kappa shape index (κ2) is 7.61. The maximum absolute atomic E-state index is 3.64. The molecule has 1 saturated carbocycles. The van der Waals surface area contributed by atoms with E-state index in [2.05, 4.69) is 77.2 Å². The largest absolute Gasteiger partial charge is 0.368 e. The van der Waals surface area contributed by atoms with E-state index in [0.29, 0.717) is 6.04 Å². The fourth-order valence-electron chi connectivity index (χ4n) is 2.84. The van der Waals surface area contributed by atoms with Gasteiger partial charge in [-0.15, -0.1) is 0 Å². The zero-order valence-corrected chi connectivity index (χ0v) is 15.3. The van der Waals surface area contributed by atoms with Crippen LogP contribution in [0.2, 0.25) is 0 Å².